The first-order valence-corrected chi connectivity index (χ1v) is 11.4. The minimum absolute atomic E-state index is 0.144. The Kier molecular flexibility index (Phi) is 5.58. The number of carbonyl (C=O) groups excluding carboxylic acids is 2. The molecule has 5 rings (SSSR count). The Hall–Kier alpha value is -1.36. The molecule has 1 amide bonds. The number of carbonyl (C=O) groups is 2. The molecule has 4 aliphatic rings. The van der Waals surface area contributed by atoms with Crippen LogP contribution >= 0.6 is 11.3 Å². The van der Waals surface area contributed by atoms with E-state index in [1.807, 2.05) is 11.4 Å². The van der Waals surface area contributed by atoms with Crippen molar-refractivity contribution in [3.63, 3.8) is 0 Å². The van der Waals surface area contributed by atoms with Gasteiger partial charge >= 0.3 is 5.97 Å². The van der Waals surface area contributed by atoms with E-state index in [1.165, 1.54) is 43.4 Å². The molecule has 4 aliphatic carbocycles. The van der Waals surface area contributed by atoms with Crippen molar-refractivity contribution in [1.29, 1.82) is 0 Å². The van der Waals surface area contributed by atoms with Crippen LogP contribution in [0.15, 0.2) is 17.5 Å². The smallest absolute Gasteiger partial charge is 0.306 e. The summed E-state index contributed by atoms with van der Waals surface area (Å²) < 4.78 is 5.20. The van der Waals surface area contributed by atoms with Gasteiger partial charge in [-0.15, -0.1) is 11.3 Å². The number of hydrogen-bond acceptors (Lipinski definition) is 4. The summed E-state index contributed by atoms with van der Waals surface area (Å²) in [4.78, 5) is 25.5. The van der Waals surface area contributed by atoms with E-state index in [9.17, 15) is 9.59 Å². The van der Waals surface area contributed by atoms with Gasteiger partial charge < -0.3 is 10.1 Å². The molecular formula is C22H31NO3S. The largest absolute Gasteiger partial charge is 0.456 e. The highest BCUT2D eigenvalue weighted by atomic mass is 32.1. The van der Waals surface area contributed by atoms with Gasteiger partial charge in [-0.1, -0.05) is 6.07 Å². The number of aryl methyl sites for hydroxylation is 1. The first kappa shape index (κ1) is 19.0. The Bertz CT molecular complexity index is 634. The minimum Gasteiger partial charge on any atom is -0.456 e. The summed E-state index contributed by atoms with van der Waals surface area (Å²) in [6, 6.07) is 4.28. The van der Waals surface area contributed by atoms with Gasteiger partial charge in [-0.05, 0) is 92.9 Å². The third-order valence-electron chi connectivity index (χ3n) is 7.13. The van der Waals surface area contributed by atoms with Gasteiger partial charge in [0.1, 0.15) is 0 Å². The summed E-state index contributed by atoms with van der Waals surface area (Å²) >= 11 is 1.71. The predicted octanol–water partition coefficient (Wildman–Crippen LogP) is 4.34. The fourth-order valence-electron chi connectivity index (χ4n) is 6.22. The number of nitrogens with one attached hydrogen (secondary N) is 1. The molecule has 0 aliphatic heterocycles. The summed E-state index contributed by atoms with van der Waals surface area (Å²) in [6.07, 6.45) is 10.0. The third kappa shape index (κ3) is 4.39. The van der Waals surface area contributed by atoms with Crippen molar-refractivity contribution < 1.29 is 14.3 Å². The van der Waals surface area contributed by atoms with E-state index in [0.29, 0.717) is 6.42 Å². The van der Waals surface area contributed by atoms with Crippen LogP contribution in [0.5, 0.6) is 0 Å². The molecule has 148 valence electrons. The van der Waals surface area contributed by atoms with Crippen molar-refractivity contribution in [2.75, 3.05) is 6.61 Å². The molecule has 0 radical (unpaired) electrons. The van der Waals surface area contributed by atoms with Gasteiger partial charge in [0.15, 0.2) is 6.61 Å². The second kappa shape index (κ2) is 7.94. The highest BCUT2D eigenvalue weighted by Crippen LogP contribution is 2.61. The molecule has 4 bridgehead atoms. The molecule has 1 atom stereocenters. The van der Waals surface area contributed by atoms with Gasteiger partial charge in [-0.3, -0.25) is 9.59 Å². The van der Waals surface area contributed by atoms with Crippen molar-refractivity contribution >= 4 is 23.2 Å². The number of esters is 1. The van der Waals surface area contributed by atoms with Crippen molar-refractivity contribution in [1.82, 2.24) is 5.32 Å². The molecule has 1 heterocycles. The summed E-state index contributed by atoms with van der Waals surface area (Å²) in [6.45, 7) is 2.02. The van der Waals surface area contributed by atoms with E-state index in [4.69, 9.17) is 4.74 Å². The van der Waals surface area contributed by atoms with Crippen LogP contribution in [-0.4, -0.2) is 24.5 Å². The lowest BCUT2D eigenvalue weighted by Crippen LogP contribution is -2.56. The highest BCUT2D eigenvalue weighted by Gasteiger charge is 2.53. The van der Waals surface area contributed by atoms with E-state index in [1.54, 1.807) is 11.3 Å². The van der Waals surface area contributed by atoms with Gasteiger partial charge in [0.05, 0.1) is 0 Å². The van der Waals surface area contributed by atoms with Gasteiger partial charge in [0.25, 0.3) is 5.91 Å². The molecule has 27 heavy (non-hydrogen) atoms. The maximum Gasteiger partial charge on any atom is 0.306 e. The molecule has 5 heteroatoms. The van der Waals surface area contributed by atoms with E-state index in [2.05, 4.69) is 18.3 Å². The predicted molar refractivity (Wildman–Crippen MR) is 106 cm³/mol. The molecule has 4 saturated carbocycles. The Morgan fingerprint density at radius 2 is 1.89 bits per heavy atom. The molecule has 0 spiro atoms. The first-order chi connectivity index (χ1) is 13.0. The summed E-state index contributed by atoms with van der Waals surface area (Å²) in [7, 11) is 0. The molecule has 0 unspecified atom stereocenters. The van der Waals surface area contributed by atoms with Crippen LogP contribution in [-0.2, 0) is 20.7 Å². The Labute approximate surface area is 166 Å². The Morgan fingerprint density at radius 3 is 2.48 bits per heavy atom. The van der Waals surface area contributed by atoms with Gasteiger partial charge in [0, 0.05) is 17.3 Å². The number of rotatable bonds is 8. The van der Waals surface area contributed by atoms with Crippen molar-refractivity contribution in [2.24, 2.45) is 23.2 Å². The molecule has 0 aromatic carbocycles. The van der Waals surface area contributed by atoms with E-state index in [-0.39, 0.29) is 29.9 Å². The molecular weight excluding hydrogens is 358 g/mol. The van der Waals surface area contributed by atoms with Crippen molar-refractivity contribution in [3.8, 4) is 0 Å². The zero-order valence-electron chi connectivity index (χ0n) is 16.2. The number of amides is 1. The monoisotopic (exact) mass is 389 g/mol. The van der Waals surface area contributed by atoms with Gasteiger partial charge in [-0.2, -0.15) is 0 Å². The van der Waals surface area contributed by atoms with Gasteiger partial charge in [-0.25, -0.2) is 0 Å². The second-order valence-corrected chi connectivity index (χ2v) is 10.2. The molecule has 1 N–H and O–H groups in total. The van der Waals surface area contributed by atoms with E-state index >= 15 is 0 Å². The first-order valence-electron chi connectivity index (χ1n) is 10.5. The van der Waals surface area contributed by atoms with Crippen LogP contribution in [0.3, 0.4) is 0 Å². The van der Waals surface area contributed by atoms with Crippen molar-refractivity contribution in [2.45, 2.75) is 70.8 Å². The van der Waals surface area contributed by atoms with Crippen LogP contribution < -0.4 is 5.32 Å². The number of ether oxygens (including phenoxy) is 1. The molecule has 1 aromatic heterocycles. The lowest BCUT2D eigenvalue weighted by molar-refractivity contribution is -0.149. The maximum absolute atomic E-state index is 12.3. The second-order valence-electron chi connectivity index (χ2n) is 9.16. The molecule has 0 saturated heterocycles. The van der Waals surface area contributed by atoms with Crippen LogP contribution in [0.1, 0.15) is 63.2 Å². The van der Waals surface area contributed by atoms with Crippen molar-refractivity contribution in [3.05, 3.63) is 22.4 Å². The molecule has 1 aromatic rings. The average Bonchev–Trinajstić information content (AvgIpc) is 3.12. The zero-order chi connectivity index (χ0) is 18.9. The Morgan fingerprint density at radius 1 is 1.22 bits per heavy atom. The topological polar surface area (TPSA) is 55.4 Å². The van der Waals surface area contributed by atoms with Gasteiger partial charge in [0.2, 0.25) is 0 Å². The number of hydrogen-bond donors (Lipinski definition) is 1. The summed E-state index contributed by atoms with van der Waals surface area (Å²) in [5.74, 6) is 2.19. The minimum atomic E-state index is -0.274. The Balaban J connectivity index is 1.18. The lowest BCUT2D eigenvalue weighted by atomic mass is 9.48. The van der Waals surface area contributed by atoms with Crippen LogP contribution in [0.2, 0.25) is 0 Å². The standard InChI is InChI=1S/C22H31NO3S/c1-15(22-11-16-8-17(12-22)10-18(9-16)13-22)23-20(24)14-26-21(25)6-2-4-19-5-3-7-27-19/h3,5,7,15-18H,2,4,6,8-14H2,1H3,(H,23,24)/t15-,16?,17?,18?,22?/m1/s1. The molecule has 4 nitrogen and oxygen atoms in total. The lowest BCUT2D eigenvalue weighted by Gasteiger charge is -2.59. The maximum atomic E-state index is 12.3. The quantitative estimate of drug-likeness (QED) is 0.673. The normalized spacial score (nSPS) is 32.3. The highest BCUT2D eigenvalue weighted by molar-refractivity contribution is 7.09. The molecule has 4 fully saturated rings. The summed E-state index contributed by atoms with van der Waals surface area (Å²) in [5.41, 5.74) is 0.287. The third-order valence-corrected chi connectivity index (χ3v) is 8.07. The van der Waals surface area contributed by atoms with Crippen LogP contribution in [0.25, 0.3) is 0 Å². The van der Waals surface area contributed by atoms with Crippen LogP contribution in [0, 0.1) is 23.2 Å². The SMILES string of the molecule is C[C@@H](NC(=O)COC(=O)CCCc1cccs1)C12CC3CC(CC(C3)C1)C2. The summed E-state index contributed by atoms with van der Waals surface area (Å²) in [5, 5.41) is 5.20. The van der Waals surface area contributed by atoms with Crippen LogP contribution in [0.4, 0.5) is 0 Å². The fraction of sp³-hybridized carbons (Fsp3) is 0.727. The zero-order valence-corrected chi connectivity index (χ0v) is 17.1. The average molecular weight is 390 g/mol. The number of thiophene rings is 1. The van der Waals surface area contributed by atoms with E-state index < -0.39 is 0 Å². The fourth-order valence-corrected chi connectivity index (χ4v) is 6.98. The van der Waals surface area contributed by atoms with E-state index in [0.717, 1.165) is 30.6 Å².